The molecule has 1 aromatic carbocycles. The number of halogens is 1. The van der Waals surface area contributed by atoms with Gasteiger partial charge in [0.15, 0.2) is 0 Å². The summed E-state index contributed by atoms with van der Waals surface area (Å²) in [6.45, 7) is 3.66. The molecule has 3 aromatic rings. The third-order valence-electron chi connectivity index (χ3n) is 4.00. The van der Waals surface area contributed by atoms with Gasteiger partial charge in [-0.25, -0.2) is 4.79 Å². The minimum atomic E-state index is -0.868. The lowest BCUT2D eigenvalue weighted by Gasteiger charge is -2.08. The van der Waals surface area contributed by atoms with E-state index in [0.717, 1.165) is 28.0 Å². The smallest absolute Gasteiger partial charge is 0.379 e. The molecule has 0 saturated carbocycles. The Morgan fingerprint density at radius 3 is 2.81 bits per heavy atom. The second-order valence-electron chi connectivity index (χ2n) is 5.75. The van der Waals surface area contributed by atoms with Gasteiger partial charge in [0.05, 0.1) is 17.8 Å². The maximum absolute atomic E-state index is 11.9. The Labute approximate surface area is 155 Å². The van der Waals surface area contributed by atoms with E-state index in [1.807, 2.05) is 49.0 Å². The lowest BCUT2D eigenvalue weighted by Crippen LogP contribution is -2.14. The van der Waals surface area contributed by atoms with Crippen LogP contribution in [-0.4, -0.2) is 32.7 Å². The minimum absolute atomic E-state index is 0.160. The van der Waals surface area contributed by atoms with E-state index in [4.69, 9.17) is 16.3 Å². The van der Waals surface area contributed by atoms with Gasteiger partial charge in [-0.05, 0) is 50.3 Å². The van der Waals surface area contributed by atoms with Crippen molar-refractivity contribution in [3.05, 3.63) is 52.8 Å². The maximum atomic E-state index is 11.9. The van der Waals surface area contributed by atoms with Gasteiger partial charge in [0.1, 0.15) is 5.82 Å². The van der Waals surface area contributed by atoms with Crippen LogP contribution in [0.2, 0.25) is 5.02 Å². The van der Waals surface area contributed by atoms with Crippen molar-refractivity contribution in [2.75, 3.05) is 6.61 Å². The van der Waals surface area contributed by atoms with Crippen LogP contribution in [0.15, 0.2) is 36.5 Å². The maximum Gasteiger partial charge on any atom is 0.379 e. The first-order chi connectivity index (χ1) is 12.4. The zero-order valence-electron chi connectivity index (χ0n) is 14.7. The highest BCUT2D eigenvalue weighted by molar-refractivity contribution is 6.39. The summed E-state index contributed by atoms with van der Waals surface area (Å²) in [6, 6.07) is 7.60. The molecule has 26 heavy (non-hydrogen) atoms. The van der Waals surface area contributed by atoms with Crippen molar-refractivity contribution in [1.29, 1.82) is 0 Å². The van der Waals surface area contributed by atoms with Crippen molar-refractivity contribution < 1.29 is 14.3 Å². The number of carbonyl (C=O) groups excluding carboxylic acids is 2. The summed E-state index contributed by atoms with van der Waals surface area (Å²) in [4.78, 5) is 23.4. The summed E-state index contributed by atoms with van der Waals surface area (Å²) in [5.74, 6) is -0.786. The number of ether oxygens (including phenoxy) is 1. The molecule has 0 spiro atoms. The Morgan fingerprint density at radius 1 is 1.31 bits per heavy atom. The molecule has 0 aliphatic carbocycles. The van der Waals surface area contributed by atoms with Gasteiger partial charge in [-0.15, -0.1) is 0 Å². The topological polar surface area (TPSA) is 66.1 Å². The van der Waals surface area contributed by atoms with E-state index in [1.165, 1.54) is 6.08 Å². The number of hydrogen-bond acceptors (Lipinski definition) is 4. The van der Waals surface area contributed by atoms with Crippen molar-refractivity contribution in [3.63, 3.8) is 0 Å². The number of aryl methyl sites for hydroxylation is 2. The monoisotopic (exact) mass is 371 g/mol. The second-order valence-corrected chi connectivity index (χ2v) is 6.19. The van der Waals surface area contributed by atoms with Crippen molar-refractivity contribution >= 4 is 40.3 Å². The van der Waals surface area contributed by atoms with Gasteiger partial charge in [-0.2, -0.15) is 5.10 Å². The Bertz CT molecular complexity index is 1030. The van der Waals surface area contributed by atoms with Crippen molar-refractivity contribution in [1.82, 2.24) is 14.3 Å². The van der Waals surface area contributed by atoms with Crippen molar-refractivity contribution in [2.45, 2.75) is 13.8 Å². The number of rotatable bonds is 5. The van der Waals surface area contributed by atoms with Gasteiger partial charge < -0.3 is 9.30 Å². The first-order valence-corrected chi connectivity index (χ1v) is 8.50. The highest BCUT2D eigenvalue weighted by Gasteiger charge is 2.17. The average molecular weight is 372 g/mol. The number of nitrogens with zero attached hydrogens (tertiary/aromatic N) is 3. The van der Waals surface area contributed by atoms with E-state index >= 15 is 0 Å². The summed E-state index contributed by atoms with van der Waals surface area (Å²) < 4.78 is 8.43. The van der Waals surface area contributed by atoms with Crippen LogP contribution in [0.4, 0.5) is 0 Å². The molecule has 0 unspecified atom stereocenters. The highest BCUT2D eigenvalue weighted by Crippen LogP contribution is 2.27. The molecule has 7 heteroatoms. The average Bonchev–Trinajstić information content (AvgIpc) is 3.12. The molecule has 0 amide bonds. The Hall–Kier alpha value is -2.86. The second kappa shape index (κ2) is 7.17. The van der Waals surface area contributed by atoms with E-state index in [-0.39, 0.29) is 6.61 Å². The zero-order valence-corrected chi connectivity index (χ0v) is 15.4. The predicted molar refractivity (Wildman–Crippen MR) is 100 cm³/mol. The number of carbonyl (C=O) groups is 2. The standard InChI is InChI=1S/C19H18ClN3O3/c1-4-26-19(25)17(24)8-6-15-12(2)21-22(3)18(15)23-10-9-13-11-14(20)5-7-16(13)23/h5-11H,4H2,1-3H3/b8-6+. The highest BCUT2D eigenvalue weighted by atomic mass is 35.5. The molecule has 0 bridgehead atoms. The van der Waals surface area contributed by atoms with Gasteiger partial charge in [-0.1, -0.05) is 11.6 Å². The predicted octanol–water partition coefficient (Wildman–Crippen LogP) is 3.47. The third kappa shape index (κ3) is 3.28. The largest absolute Gasteiger partial charge is 0.460 e. The molecular formula is C19H18ClN3O3. The van der Waals surface area contributed by atoms with Crippen LogP contribution in [-0.2, 0) is 21.4 Å². The molecule has 134 valence electrons. The van der Waals surface area contributed by atoms with Crippen LogP contribution in [0.5, 0.6) is 0 Å². The van der Waals surface area contributed by atoms with E-state index in [0.29, 0.717) is 5.02 Å². The number of esters is 1. The fraction of sp³-hybridized carbons (Fsp3) is 0.211. The summed E-state index contributed by atoms with van der Waals surface area (Å²) in [6.07, 6.45) is 4.73. The molecular weight excluding hydrogens is 354 g/mol. The molecule has 0 aliphatic heterocycles. The van der Waals surface area contributed by atoms with Gasteiger partial charge in [0.2, 0.25) is 0 Å². The lowest BCUT2D eigenvalue weighted by atomic mass is 10.2. The molecule has 0 aliphatic rings. The lowest BCUT2D eigenvalue weighted by molar-refractivity contribution is -0.151. The molecule has 0 N–H and O–H groups in total. The molecule has 2 aromatic heterocycles. The van der Waals surface area contributed by atoms with Crippen LogP contribution < -0.4 is 0 Å². The van der Waals surface area contributed by atoms with E-state index in [9.17, 15) is 9.59 Å². The summed E-state index contributed by atoms with van der Waals surface area (Å²) in [7, 11) is 1.83. The Balaban J connectivity index is 2.06. The summed E-state index contributed by atoms with van der Waals surface area (Å²) >= 11 is 6.06. The molecule has 6 nitrogen and oxygen atoms in total. The first-order valence-electron chi connectivity index (χ1n) is 8.12. The number of ketones is 1. The van der Waals surface area contributed by atoms with Crippen LogP contribution in [0.3, 0.4) is 0 Å². The molecule has 3 rings (SSSR count). The van der Waals surface area contributed by atoms with Crippen molar-refractivity contribution in [3.8, 4) is 5.82 Å². The number of fused-ring (bicyclic) bond motifs is 1. The molecule has 2 heterocycles. The van der Waals surface area contributed by atoms with Gasteiger partial charge in [-0.3, -0.25) is 9.48 Å². The number of hydrogen-bond donors (Lipinski definition) is 0. The Morgan fingerprint density at radius 2 is 2.08 bits per heavy atom. The molecule has 0 fully saturated rings. The van der Waals surface area contributed by atoms with Crippen LogP contribution in [0.25, 0.3) is 22.8 Å². The third-order valence-corrected chi connectivity index (χ3v) is 4.23. The number of aromatic nitrogens is 3. The fourth-order valence-electron chi connectivity index (χ4n) is 2.87. The van der Waals surface area contributed by atoms with E-state index in [2.05, 4.69) is 5.10 Å². The van der Waals surface area contributed by atoms with Gasteiger partial charge in [0.25, 0.3) is 5.78 Å². The summed E-state index contributed by atoms with van der Waals surface area (Å²) in [5, 5.41) is 6.10. The minimum Gasteiger partial charge on any atom is -0.460 e. The first kappa shape index (κ1) is 17.9. The Kier molecular flexibility index (Phi) is 4.95. The normalized spacial score (nSPS) is 11.4. The zero-order chi connectivity index (χ0) is 18.8. The molecule has 0 atom stereocenters. The van der Waals surface area contributed by atoms with E-state index in [1.54, 1.807) is 17.7 Å². The van der Waals surface area contributed by atoms with Crippen LogP contribution in [0.1, 0.15) is 18.2 Å². The van der Waals surface area contributed by atoms with Crippen molar-refractivity contribution in [2.24, 2.45) is 7.05 Å². The summed E-state index contributed by atoms with van der Waals surface area (Å²) in [5.41, 5.74) is 2.45. The van der Waals surface area contributed by atoms with Gasteiger partial charge in [0, 0.05) is 29.2 Å². The van der Waals surface area contributed by atoms with E-state index < -0.39 is 11.8 Å². The molecule has 0 radical (unpaired) electrons. The fourth-order valence-corrected chi connectivity index (χ4v) is 3.05. The van der Waals surface area contributed by atoms with Gasteiger partial charge >= 0.3 is 5.97 Å². The quantitative estimate of drug-likeness (QED) is 0.391. The number of benzene rings is 1. The van der Waals surface area contributed by atoms with Crippen LogP contribution in [0, 0.1) is 6.92 Å². The molecule has 0 saturated heterocycles. The SMILES string of the molecule is CCOC(=O)C(=O)/C=C/c1c(C)nn(C)c1-n1ccc2cc(Cl)ccc21. The van der Waals surface area contributed by atoms with Crippen LogP contribution >= 0.6 is 11.6 Å².